The summed E-state index contributed by atoms with van der Waals surface area (Å²) in [5.74, 6) is 0.398. The van der Waals surface area contributed by atoms with Crippen LogP contribution in [-0.4, -0.2) is 40.1 Å². The van der Waals surface area contributed by atoms with Gasteiger partial charge in [0.1, 0.15) is 0 Å². The van der Waals surface area contributed by atoms with E-state index in [1.165, 1.54) is 0 Å². The van der Waals surface area contributed by atoms with Gasteiger partial charge in [-0.1, -0.05) is 6.07 Å². The van der Waals surface area contributed by atoms with Crippen molar-refractivity contribution < 1.29 is 14.9 Å². The van der Waals surface area contributed by atoms with E-state index in [9.17, 15) is 10.2 Å². The second kappa shape index (κ2) is 5.00. The van der Waals surface area contributed by atoms with Crippen molar-refractivity contribution in [3.63, 3.8) is 0 Å². The topological polar surface area (TPSA) is 88.6 Å². The summed E-state index contributed by atoms with van der Waals surface area (Å²) in [5, 5.41) is 19.3. The quantitative estimate of drug-likeness (QED) is 0.681. The predicted molar refractivity (Wildman–Crippen MR) is 62.6 cm³/mol. The van der Waals surface area contributed by atoms with Crippen LogP contribution in [0.1, 0.15) is 12.1 Å². The zero-order valence-corrected chi connectivity index (χ0v) is 9.78. The predicted octanol–water partition coefficient (Wildman–Crippen LogP) is -0.162. The van der Waals surface area contributed by atoms with E-state index in [2.05, 4.69) is 4.98 Å². The van der Waals surface area contributed by atoms with Crippen molar-refractivity contribution in [2.45, 2.75) is 31.6 Å². The number of aliphatic hydroxyl groups is 2. The van der Waals surface area contributed by atoms with Crippen molar-refractivity contribution in [3.05, 3.63) is 23.9 Å². The molecular formula is C12H18N2O3. The third-order valence-corrected chi connectivity index (χ3v) is 3.15. The Kier molecular flexibility index (Phi) is 3.61. The summed E-state index contributed by atoms with van der Waals surface area (Å²) in [5.41, 5.74) is 6.55. The van der Waals surface area contributed by atoms with E-state index in [1.54, 1.807) is 6.07 Å². The zero-order valence-electron chi connectivity index (χ0n) is 9.78. The molecular weight excluding hydrogens is 220 g/mol. The average Bonchev–Trinajstić information content (AvgIpc) is 2.54. The smallest absolute Gasteiger partial charge is 0.213 e. The van der Waals surface area contributed by atoms with Gasteiger partial charge in [-0.15, -0.1) is 0 Å². The molecule has 0 saturated heterocycles. The SMILES string of the molecule is Cc1cccc(OCC2CC(N)C(O)C2O)n1. The van der Waals surface area contributed by atoms with Crippen molar-refractivity contribution in [1.82, 2.24) is 4.98 Å². The number of rotatable bonds is 3. The van der Waals surface area contributed by atoms with Gasteiger partial charge in [0.15, 0.2) is 0 Å². The van der Waals surface area contributed by atoms with E-state index in [0.717, 1.165) is 5.69 Å². The molecule has 2 rings (SSSR count). The molecule has 0 bridgehead atoms. The highest BCUT2D eigenvalue weighted by atomic mass is 16.5. The number of aliphatic hydroxyl groups excluding tert-OH is 2. The fourth-order valence-electron chi connectivity index (χ4n) is 2.12. The molecule has 1 fully saturated rings. The highest BCUT2D eigenvalue weighted by Gasteiger charge is 2.39. The van der Waals surface area contributed by atoms with E-state index in [4.69, 9.17) is 10.5 Å². The van der Waals surface area contributed by atoms with E-state index < -0.39 is 12.2 Å². The van der Waals surface area contributed by atoms with Gasteiger partial charge in [0, 0.05) is 23.7 Å². The van der Waals surface area contributed by atoms with Crippen LogP contribution in [0.4, 0.5) is 0 Å². The third kappa shape index (κ3) is 2.74. The number of nitrogens with two attached hydrogens (primary N) is 1. The molecule has 4 atom stereocenters. The fraction of sp³-hybridized carbons (Fsp3) is 0.583. The summed E-state index contributed by atoms with van der Waals surface area (Å²) in [6.07, 6.45) is -1.10. The molecule has 1 aromatic heterocycles. The number of hydrogen-bond acceptors (Lipinski definition) is 5. The second-order valence-electron chi connectivity index (χ2n) is 4.57. The Morgan fingerprint density at radius 1 is 1.41 bits per heavy atom. The first kappa shape index (κ1) is 12.3. The maximum atomic E-state index is 9.73. The van der Waals surface area contributed by atoms with Crippen molar-refractivity contribution in [2.24, 2.45) is 11.7 Å². The summed E-state index contributed by atoms with van der Waals surface area (Å²) in [4.78, 5) is 4.20. The van der Waals surface area contributed by atoms with Gasteiger partial charge in [-0.2, -0.15) is 0 Å². The molecule has 5 heteroatoms. The lowest BCUT2D eigenvalue weighted by Gasteiger charge is -2.16. The highest BCUT2D eigenvalue weighted by Crippen LogP contribution is 2.26. The van der Waals surface area contributed by atoms with Crippen LogP contribution in [0, 0.1) is 12.8 Å². The Morgan fingerprint density at radius 2 is 2.18 bits per heavy atom. The Labute approximate surface area is 100 Å². The van der Waals surface area contributed by atoms with Crippen LogP contribution < -0.4 is 10.5 Å². The number of pyridine rings is 1. The number of aromatic nitrogens is 1. The minimum absolute atomic E-state index is 0.137. The maximum absolute atomic E-state index is 9.73. The largest absolute Gasteiger partial charge is 0.477 e. The molecule has 4 N–H and O–H groups in total. The molecule has 5 nitrogen and oxygen atoms in total. The van der Waals surface area contributed by atoms with Gasteiger partial charge in [-0.3, -0.25) is 0 Å². The first-order valence-corrected chi connectivity index (χ1v) is 5.76. The molecule has 0 aromatic carbocycles. The number of ether oxygens (including phenoxy) is 1. The Morgan fingerprint density at radius 3 is 2.76 bits per heavy atom. The van der Waals surface area contributed by atoms with E-state index in [1.807, 2.05) is 19.1 Å². The Hall–Kier alpha value is -1.17. The molecule has 17 heavy (non-hydrogen) atoms. The van der Waals surface area contributed by atoms with Crippen molar-refractivity contribution >= 4 is 0 Å². The first-order chi connectivity index (χ1) is 8.08. The zero-order chi connectivity index (χ0) is 12.4. The lowest BCUT2D eigenvalue weighted by atomic mass is 10.1. The second-order valence-corrected chi connectivity index (χ2v) is 4.57. The minimum atomic E-state index is -0.853. The number of hydrogen-bond donors (Lipinski definition) is 3. The number of nitrogens with zero attached hydrogens (tertiary/aromatic N) is 1. The molecule has 0 amide bonds. The van der Waals surface area contributed by atoms with Gasteiger partial charge in [-0.05, 0) is 19.4 Å². The van der Waals surface area contributed by atoms with Crippen LogP contribution in [0.3, 0.4) is 0 Å². The lowest BCUT2D eigenvalue weighted by Crippen LogP contribution is -2.36. The summed E-state index contributed by atoms with van der Waals surface area (Å²) in [6.45, 7) is 2.21. The van der Waals surface area contributed by atoms with E-state index in [0.29, 0.717) is 18.9 Å². The highest BCUT2D eigenvalue weighted by molar-refractivity contribution is 5.14. The summed E-state index contributed by atoms with van der Waals surface area (Å²) in [7, 11) is 0. The van der Waals surface area contributed by atoms with E-state index in [-0.39, 0.29) is 12.0 Å². The fourth-order valence-corrected chi connectivity index (χ4v) is 2.12. The average molecular weight is 238 g/mol. The first-order valence-electron chi connectivity index (χ1n) is 5.76. The summed E-state index contributed by atoms with van der Waals surface area (Å²) in [6, 6.07) is 5.15. The molecule has 1 heterocycles. The molecule has 1 aliphatic rings. The molecule has 4 unspecified atom stereocenters. The Bertz CT molecular complexity index is 386. The van der Waals surface area contributed by atoms with Crippen molar-refractivity contribution in [3.8, 4) is 5.88 Å². The van der Waals surface area contributed by atoms with Gasteiger partial charge in [-0.25, -0.2) is 4.98 Å². The van der Waals surface area contributed by atoms with Crippen LogP contribution in [0.5, 0.6) is 5.88 Å². The van der Waals surface area contributed by atoms with Crippen LogP contribution in [0.2, 0.25) is 0 Å². The minimum Gasteiger partial charge on any atom is -0.477 e. The Balaban J connectivity index is 1.91. The van der Waals surface area contributed by atoms with E-state index >= 15 is 0 Å². The molecule has 1 aliphatic carbocycles. The molecule has 1 saturated carbocycles. The standard InChI is InChI=1S/C12H18N2O3/c1-7-3-2-4-10(14-7)17-6-8-5-9(13)12(16)11(8)15/h2-4,8-9,11-12,15-16H,5-6,13H2,1H3. The lowest BCUT2D eigenvalue weighted by molar-refractivity contribution is 0.00523. The summed E-state index contributed by atoms with van der Waals surface area (Å²) >= 11 is 0. The van der Waals surface area contributed by atoms with Crippen LogP contribution in [0.15, 0.2) is 18.2 Å². The van der Waals surface area contributed by atoms with Gasteiger partial charge in [0.25, 0.3) is 0 Å². The molecule has 1 aromatic rings. The summed E-state index contributed by atoms with van der Waals surface area (Å²) < 4.78 is 5.50. The maximum Gasteiger partial charge on any atom is 0.213 e. The van der Waals surface area contributed by atoms with Gasteiger partial charge < -0.3 is 20.7 Å². The normalized spacial score (nSPS) is 32.7. The van der Waals surface area contributed by atoms with Crippen LogP contribution in [-0.2, 0) is 0 Å². The van der Waals surface area contributed by atoms with Gasteiger partial charge >= 0.3 is 0 Å². The molecule has 0 spiro atoms. The number of aryl methyl sites for hydroxylation is 1. The monoisotopic (exact) mass is 238 g/mol. The van der Waals surface area contributed by atoms with Gasteiger partial charge in [0.05, 0.1) is 18.8 Å². The third-order valence-electron chi connectivity index (χ3n) is 3.15. The van der Waals surface area contributed by atoms with Crippen LogP contribution in [0.25, 0.3) is 0 Å². The molecule has 0 aliphatic heterocycles. The van der Waals surface area contributed by atoms with Crippen LogP contribution >= 0.6 is 0 Å². The molecule has 94 valence electrons. The van der Waals surface area contributed by atoms with Gasteiger partial charge in [0.2, 0.25) is 5.88 Å². The van der Waals surface area contributed by atoms with Crippen molar-refractivity contribution in [1.29, 1.82) is 0 Å². The van der Waals surface area contributed by atoms with Crippen molar-refractivity contribution in [2.75, 3.05) is 6.61 Å². The molecule has 0 radical (unpaired) electrons.